The molecule has 3 aliphatic rings. The molecule has 3 aromatic heterocycles. The minimum atomic E-state index is -1.44. The van der Waals surface area contributed by atoms with Gasteiger partial charge in [0.15, 0.2) is 11.9 Å². The number of hydrogen-bond acceptors (Lipinski definition) is 14. The molecule has 3 fully saturated rings. The summed E-state index contributed by atoms with van der Waals surface area (Å²) in [6, 6.07) is 9.88. The SMILES string of the molecule is C#CCN(C)[C@@H]1C[C@H](C)O[C@H](O[C@@H]2[C@@H](C)[C@H](OC(=O)Cc3ccccn3)[C@@H](C)C(=O)O[C@H](CC)[C@@]3(C)OC(=O)N(CCCCn4ccc5cccnc54)[C@@H]3[C@@H](C)C(=O)[C@H](C)C[C@@]2(C)OC)[C@H]1O. The standard InChI is InChI=1S/C51H71N5O11/c1-12-24-54(10)38-28-32(4)63-48(42(38)59)66-45-34(6)43(65-40(57)29-37-20-14-15-22-52-37)35(7)47(60)64-39(13-2)51(9)44(33(5)41(58)31(3)30-50(45,8)62-11)56(49(61)67-51)26-17-16-25-55-27-21-36-19-18-23-53-46(36)55/h1,14-15,18-23,27,31-35,38-39,42-45,48,59H,13,16-17,24-26,28-30H2,2-11H3/t31-,32+,33+,34+,35-,38-,39-,42+,43+,44-,45-,48-,50-,51-/m1/s1. The van der Waals surface area contributed by atoms with E-state index in [9.17, 15) is 19.5 Å². The van der Waals surface area contributed by atoms with Gasteiger partial charge in [0.2, 0.25) is 0 Å². The zero-order chi connectivity index (χ0) is 48.8. The number of aromatic nitrogens is 3. The van der Waals surface area contributed by atoms with Gasteiger partial charge in [-0.15, -0.1) is 6.42 Å². The molecule has 0 aliphatic carbocycles. The second kappa shape index (κ2) is 22.0. The Labute approximate surface area is 395 Å². The summed E-state index contributed by atoms with van der Waals surface area (Å²) in [6.45, 7) is 15.5. The number of unbranched alkanes of at least 4 members (excludes halogenated alkanes) is 1. The van der Waals surface area contributed by atoms with Gasteiger partial charge in [-0.3, -0.25) is 24.3 Å². The second-order valence-electron chi connectivity index (χ2n) is 19.4. The van der Waals surface area contributed by atoms with Crippen molar-refractivity contribution in [2.24, 2.45) is 23.7 Å². The Kier molecular flexibility index (Phi) is 16.9. The van der Waals surface area contributed by atoms with E-state index >= 15 is 4.79 Å². The lowest BCUT2D eigenvalue weighted by molar-refractivity contribution is -0.302. The lowest BCUT2D eigenvalue weighted by Crippen LogP contribution is -2.61. The third-order valence-electron chi connectivity index (χ3n) is 14.5. The quantitative estimate of drug-likeness (QED) is 0.0860. The van der Waals surface area contributed by atoms with Crippen LogP contribution in [0, 0.1) is 36.0 Å². The maximum absolute atomic E-state index is 15.0. The van der Waals surface area contributed by atoms with E-state index in [2.05, 4.69) is 20.5 Å². The Hall–Kier alpha value is -4.92. The molecule has 0 radical (unpaired) electrons. The summed E-state index contributed by atoms with van der Waals surface area (Å²) in [5.41, 5.74) is -1.43. The van der Waals surface area contributed by atoms with Crippen molar-refractivity contribution in [3.05, 3.63) is 60.7 Å². The molecule has 3 saturated heterocycles. The predicted molar refractivity (Wildman–Crippen MR) is 249 cm³/mol. The maximum Gasteiger partial charge on any atom is 0.410 e. The number of terminal acetylenes is 1. The number of Topliss-reactive ketones (excluding diaryl/α,β-unsaturated/α-hetero) is 1. The third-order valence-corrected chi connectivity index (χ3v) is 14.5. The van der Waals surface area contributed by atoms with Crippen molar-refractivity contribution in [3.8, 4) is 12.3 Å². The van der Waals surface area contributed by atoms with Crippen molar-refractivity contribution in [3.63, 3.8) is 0 Å². The number of ketones is 1. The van der Waals surface area contributed by atoms with Gasteiger partial charge in [0.05, 0.1) is 48.4 Å². The highest BCUT2D eigenvalue weighted by molar-refractivity contribution is 5.85. The van der Waals surface area contributed by atoms with Crippen molar-refractivity contribution in [1.82, 2.24) is 24.3 Å². The van der Waals surface area contributed by atoms with E-state index in [-0.39, 0.29) is 44.2 Å². The minimum absolute atomic E-state index is 0.0994. The highest BCUT2D eigenvalue weighted by Crippen LogP contribution is 2.44. The number of aliphatic hydroxyl groups excluding tert-OH is 1. The first-order valence-corrected chi connectivity index (χ1v) is 23.8. The van der Waals surface area contributed by atoms with Gasteiger partial charge in [-0.2, -0.15) is 0 Å². The first-order valence-electron chi connectivity index (χ1n) is 23.8. The summed E-state index contributed by atoms with van der Waals surface area (Å²) < 4.78 is 40.7. The van der Waals surface area contributed by atoms with Crippen LogP contribution in [0.2, 0.25) is 0 Å². The Bertz CT molecular complexity index is 2220. The smallest absolute Gasteiger partial charge is 0.410 e. The number of aliphatic hydroxyl groups is 1. The molecule has 1 N–H and O–H groups in total. The summed E-state index contributed by atoms with van der Waals surface area (Å²) >= 11 is 0. The molecule has 366 valence electrons. The van der Waals surface area contributed by atoms with E-state index in [0.717, 1.165) is 11.0 Å². The van der Waals surface area contributed by atoms with Crippen molar-refractivity contribution in [1.29, 1.82) is 0 Å². The Morgan fingerprint density at radius 3 is 2.43 bits per heavy atom. The van der Waals surface area contributed by atoms with Gasteiger partial charge in [0.25, 0.3) is 0 Å². The molecular formula is C51H71N5O11. The van der Waals surface area contributed by atoms with Crippen LogP contribution in [0.3, 0.4) is 0 Å². The van der Waals surface area contributed by atoms with Crippen LogP contribution >= 0.6 is 0 Å². The number of pyridine rings is 2. The summed E-state index contributed by atoms with van der Waals surface area (Å²) in [6.07, 6.45) is 6.35. The van der Waals surface area contributed by atoms with E-state index in [1.54, 1.807) is 70.1 Å². The third kappa shape index (κ3) is 11.2. The van der Waals surface area contributed by atoms with Crippen LogP contribution in [-0.4, -0.2) is 141 Å². The van der Waals surface area contributed by atoms with Crippen LogP contribution in [0.1, 0.15) is 93.2 Å². The number of hydrogen-bond donors (Lipinski definition) is 1. The van der Waals surface area contributed by atoms with Crippen LogP contribution < -0.4 is 0 Å². The molecule has 0 unspecified atom stereocenters. The number of ether oxygens (including phenoxy) is 6. The first kappa shape index (κ1) is 51.5. The largest absolute Gasteiger partial charge is 0.461 e. The molecule has 16 nitrogen and oxygen atoms in total. The van der Waals surface area contributed by atoms with Gasteiger partial charge >= 0.3 is 18.0 Å². The number of fused-ring (bicyclic) bond motifs is 2. The number of methoxy groups -OCH3 is 1. The van der Waals surface area contributed by atoms with Crippen molar-refractivity contribution in [2.45, 2.75) is 161 Å². The van der Waals surface area contributed by atoms with Gasteiger partial charge in [0.1, 0.15) is 29.7 Å². The van der Waals surface area contributed by atoms with Crippen LogP contribution in [0.15, 0.2) is 55.0 Å². The van der Waals surface area contributed by atoms with E-state index in [1.165, 1.54) is 7.11 Å². The fourth-order valence-electron chi connectivity index (χ4n) is 10.9. The van der Waals surface area contributed by atoms with Gasteiger partial charge < -0.3 is 43.0 Å². The van der Waals surface area contributed by atoms with Gasteiger partial charge in [0, 0.05) is 68.0 Å². The van der Waals surface area contributed by atoms with E-state index in [0.29, 0.717) is 31.5 Å². The fourth-order valence-corrected chi connectivity index (χ4v) is 10.9. The molecule has 0 bridgehead atoms. The first-order chi connectivity index (χ1) is 31.9. The normalized spacial score (nSPS) is 34.3. The number of carbonyl (C=O) groups excluding carboxylic acids is 4. The highest BCUT2D eigenvalue weighted by atomic mass is 16.7. The Morgan fingerprint density at radius 1 is 1.01 bits per heavy atom. The number of rotatable bonds is 14. The second-order valence-corrected chi connectivity index (χ2v) is 19.4. The molecule has 1 amide bonds. The topological polar surface area (TPSA) is 181 Å². The lowest BCUT2D eigenvalue weighted by Gasteiger charge is -2.48. The summed E-state index contributed by atoms with van der Waals surface area (Å²) in [5.74, 6) is -2.31. The predicted octanol–water partition coefficient (Wildman–Crippen LogP) is 6.00. The van der Waals surface area contributed by atoms with Gasteiger partial charge in [-0.25, -0.2) is 9.78 Å². The maximum atomic E-state index is 15.0. The molecule has 6 rings (SSSR count). The highest BCUT2D eigenvalue weighted by Gasteiger charge is 2.60. The number of amides is 1. The van der Waals surface area contributed by atoms with Gasteiger partial charge in [-0.1, -0.05) is 39.7 Å². The van der Waals surface area contributed by atoms with Crippen LogP contribution in [0.4, 0.5) is 4.79 Å². The molecule has 3 aliphatic heterocycles. The fraction of sp³-hybridized carbons (Fsp3) is 0.647. The Balaban J connectivity index is 1.37. The molecule has 0 saturated carbocycles. The molecule has 16 heteroatoms. The molecule has 3 aromatic rings. The van der Waals surface area contributed by atoms with Crippen molar-refractivity contribution in [2.75, 3.05) is 27.2 Å². The molecular weight excluding hydrogens is 859 g/mol. The van der Waals surface area contributed by atoms with Crippen LogP contribution in [0.5, 0.6) is 0 Å². The summed E-state index contributed by atoms with van der Waals surface area (Å²) in [7, 11) is 3.34. The average molecular weight is 930 g/mol. The zero-order valence-electron chi connectivity index (χ0n) is 40.8. The minimum Gasteiger partial charge on any atom is -0.461 e. The van der Waals surface area contributed by atoms with Crippen LogP contribution in [-0.2, 0) is 55.8 Å². The lowest BCUT2D eigenvalue weighted by atomic mass is 9.73. The molecule has 67 heavy (non-hydrogen) atoms. The average Bonchev–Trinajstić information content (AvgIpc) is 3.84. The van der Waals surface area contributed by atoms with E-state index in [1.807, 2.05) is 57.1 Å². The molecule has 14 atom stereocenters. The number of esters is 2. The van der Waals surface area contributed by atoms with E-state index in [4.69, 9.17) is 34.8 Å². The molecule has 0 spiro atoms. The van der Waals surface area contributed by atoms with Crippen molar-refractivity contribution < 1.29 is 52.7 Å². The number of likely N-dealkylation sites (N-methyl/N-ethyl adjacent to an activating group) is 1. The number of carbonyl (C=O) groups is 4. The number of nitrogens with zero attached hydrogens (tertiary/aromatic N) is 5. The number of cyclic esters (lactones) is 1. The Morgan fingerprint density at radius 2 is 1.75 bits per heavy atom. The van der Waals surface area contributed by atoms with Crippen molar-refractivity contribution >= 4 is 34.8 Å². The van der Waals surface area contributed by atoms with E-state index < -0.39 is 95.7 Å². The van der Waals surface area contributed by atoms with Gasteiger partial charge in [-0.05, 0) is 97.2 Å². The van der Waals surface area contributed by atoms with Crippen LogP contribution in [0.25, 0.3) is 11.0 Å². The number of aryl methyl sites for hydroxylation is 1. The zero-order valence-corrected chi connectivity index (χ0v) is 40.8. The molecule has 0 aromatic carbocycles. The monoisotopic (exact) mass is 930 g/mol. The summed E-state index contributed by atoms with van der Waals surface area (Å²) in [4.78, 5) is 70.2. The molecule has 6 heterocycles. The summed E-state index contributed by atoms with van der Waals surface area (Å²) in [5, 5.41) is 12.9.